The molecule has 0 spiro atoms. The van der Waals surface area contributed by atoms with Crippen molar-refractivity contribution in [3.05, 3.63) is 23.8 Å². The van der Waals surface area contributed by atoms with Crippen LogP contribution in [0.5, 0.6) is 0 Å². The molecule has 1 saturated heterocycles. The second kappa shape index (κ2) is 6.95. The monoisotopic (exact) mass is 304 g/mol. The zero-order valence-corrected chi connectivity index (χ0v) is 12.9. The van der Waals surface area contributed by atoms with Crippen LogP contribution in [0.15, 0.2) is 18.2 Å². The van der Waals surface area contributed by atoms with Crippen molar-refractivity contribution >= 4 is 27.7 Å². The maximum Gasteiger partial charge on any atom is 0.251 e. The fourth-order valence-electron chi connectivity index (χ4n) is 2.71. The van der Waals surface area contributed by atoms with Gasteiger partial charge in [-0.1, -0.05) is 10.9 Å². The predicted octanol–water partition coefficient (Wildman–Crippen LogP) is 2.30. The largest absolute Gasteiger partial charge is 0.352 e. The number of hydrogen-bond acceptors (Lipinski definition) is 5. The highest BCUT2D eigenvalue weighted by Gasteiger charge is 2.10. The van der Waals surface area contributed by atoms with Gasteiger partial charge >= 0.3 is 0 Å². The number of benzene rings is 1. The Labute approximate surface area is 128 Å². The SMILES string of the molecule is O=C(NCCCN1CCCCC1)c1ccc2snnc2c1. The van der Waals surface area contributed by atoms with Crippen molar-refractivity contribution in [3.63, 3.8) is 0 Å². The number of piperidine rings is 1. The summed E-state index contributed by atoms with van der Waals surface area (Å²) in [5.41, 5.74) is 1.45. The topological polar surface area (TPSA) is 58.1 Å². The zero-order chi connectivity index (χ0) is 14.5. The van der Waals surface area contributed by atoms with Crippen molar-refractivity contribution in [1.82, 2.24) is 19.8 Å². The van der Waals surface area contributed by atoms with Crippen molar-refractivity contribution in [1.29, 1.82) is 0 Å². The van der Waals surface area contributed by atoms with Crippen LogP contribution in [-0.4, -0.2) is 46.6 Å². The van der Waals surface area contributed by atoms with Gasteiger partial charge in [-0.3, -0.25) is 4.79 Å². The first-order valence-corrected chi connectivity index (χ1v) is 8.33. The molecule has 0 radical (unpaired) electrons. The lowest BCUT2D eigenvalue weighted by Gasteiger charge is -2.26. The number of nitrogens with zero attached hydrogens (tertiary/aromatic N) is 3. The predicted molar refractivity (Wildman–Crippen MR) is 84.7 cm³/mol. The van der Waals surface area contributed by atoms with Crippen molar-refractivity contribution in [3.8, 4) is 0 Å². The molecule has 1 fully saturated rings. The van der Waals surface area contributed by atoms with E-state index in [0.29, 0.717) is 5.56 Å². The Morgan fingerprint density at radius 2 is 2.14 bits per heavy atom. The van der Waals surface area contributed by atoms with Crippen LogP contribution in [0.4, 0.5) is 0 Å². The van der Waals surface area contributed by atoms with Gasteiger partial charge in [0.2, 0.25) is 0 Å². The fourth-order valence-corrected chi connectivity index (χ4v) is 3.25. The van der Waals surface area contributed by atoms with E-state index in [0.717, 1.165) is 29.7 Å². The molecule has 112 valence electrons. The fraction of sp³-hybridized carbons (Fsp3) is 0.533. The summed E-state index contributed by atoms with van der Waals surface area (Å²) in [4.78, 5) is 14.6. The maximum atomic E-state index is 12.1. The number of carbonyl (C=O) groups is 1. The third-order valence-electron chi connectivity index (χ3n) is 3.89. The number of fused-ring (bicyclic) bond motifs is 1. The Balaban J connectivity index is 1.45. The Hall–Kier alpha value is -1.53. The van der Waals surface area contributed by atoms with Crippen LogP contribution < -0.4 is 5.32 Å². The molecule has 3 rings (SSSR count). The summed E-state index contributed by atoms with van der Waals surface area (Å²) >= 11 is 1.35. The van der Waals surface area contributed by atoms with Gasteiger partial charge in [0, 0.05) is 12.1 Å². The van der Waals surface area contributed by atoms with E-state index in [1.807, 2.05) is 12.1 Å². The summed E-state index contributed by atoms with van der Waals surface area (Å²) in [5.74, 6) is -0.0245. The molecular formula is C15H20N4OS. The summed E-state index contributed by atoms with van der Waals surface area (Å²) in [6.07, 6.45) is 5.00. The third-order valence-corrected chi connectivity index (χ3v) is 4.60. The molecule has 0 atom stereocenters. The van der Waals surface area contributed by atoms with Crippen LogP contribution in [0.3, 0.4) is 0 Å². The molecule has 1 aromatic heterocycles. The van der Waals surface area contributed by atoms with Crippen LogP contribution in [-0.2, 0) is 0 Å². The molecule has 21 heavy (non-hydrogen) atoms. The first kappa shape index (κ1) is 14.4. The van der Waals surface area contributed by atoms with E-state index in [4.69, 9.17) is 0 Å². The van der Waals surface area contributed by atoms with Crippen LogP contribution in [0, 0.1) is 0 Å². The molecule has 2 aromatic rings. The Kier molecular flexibility index (Phi) is 4.77. The molecule has 2 heterocycles. The molecular weight excluding hydrogens is 284 g/mol. The standard InChI is InChI=1S/C15H20N4OS/c20-15(12-5-6-14-13(11-12)17-18-21-14)16-7-4-10-19-8-2-1-3-9-19/h5-6,11H,1-4,7-10H2,(H,16,20). The van der Waals surface area contributed by atoms with E-state index < -0.39 is 0 Å². The number of carbonyl (C=O) groups excluding carboxylic acids is 1. The van der Waals surface area contributed by atoms with Crippen molar-refractivity contribution in [2.24, 2.45) is 0 Å². The minimum atomic E-state index is -0.0245. The molecule has 0 unspecified atom stereocenters. The lowest BCUT2D eigenvalue weighted by molar-refractivity contribution is 0.0951. The number of aromatic nitrogens is 2. The van der Waals surface area contributed by atoms with E-state index in [2.05, 4.69) is 19.8 Å². The second-order valence-corrected chi connectivity index (χ2v) is 6.25. The first-order chi connectivity index (χ1) is 10.3. The molecule has 1 aliphatic rings. The van der Waals surface area contributed by atoms with E-state index in [1.54, 1.807) is 6.07 Å². The number of likely N-dealkylation sites (tertiary alicyclic amines) is 1. The summed E-state index contributed by atoms with van der Waals surface area (Å²) in [6, 6.07) is 5.55. The average Bonchev–Trinajstić information content (AvgIpc) is 3.00. The van der Waals surface area contributed by atoms with Crippen LogP contribution in [0.2, 0.25) is 0 Å². The van der Waals surface area contributed by atoms with Crippen molar-refractivity contribution in [2.45, 2.75) is 25.7 Å². The van der Waals surface area contributed by atoms with Gasteiger partial charge in [-0.25, -0.2) is 0 Å². The lowest BCUT2D eigenvalue weighted by Crippen LogP contribution is -2.33. The summed E-state index contributed by atoms with van der Waals surface area (Å²) in [7, 11) is 0. The molecule has 6 heteroatoms. The van der Waals surface area contributed by atoms with Gasteiger partial charge in [0.05, 0.1) is 4.70 Å². The van der Waals surface area contributed by atoms with Crippen molar-refractivity contribution in [2.75, 3.05) is 26.2 Å². The van der Waals surface area contributed by atoms with Gasteiger partial charge in [-0.05, 0) is 68.6 Å². The maximum absolute atomic E-state index is 12.1. The van der Waals surface area contributed by atoms with Crippen molar-refractivity contribution < 1.29 is 4.79 Å². The first-order valence-electron chi connectivity index (χ1n) is 7.55. The van der Waals surface area contributed by atoms with Gasteiger partial charge < -0.3 is 10.2 Å². The molecule has 1 aliphatic heterocycles. The van der Waals surface area contributed by atoms with E-state index >= 15 is 0 Å². The van der Waals surface area contributed by atoms with E-state index in [9.17, 15) is 4.79 Å². The number of hydrogen-bond donors (Lipinski definition) is 1. The number of nitrogens with one attached hydrogen (secondary N) is 1. The van der Waals surface area contributed by atoms with Gasteiger partial charge in [0.15, 0.2) is 0 Å². The Morgan fingerprint density at radius 3 is 3.00 bits per heavy atom. The van der Waals surface area contributed by atoms with Crippen LogP contribution >= 0.6 is 11.5 Å². The number of amides is 1. The molecule has 5 nitrogen and oxygen atoms in total. The molecule has 1 N–H and O–H groups in total. The highest BCUT2D eigenvalue weighted by molar-refractivity contribution is 7.12. The minimum Gasteiger partial charge on any atom is -0.352 e. The molecule has 0 bridgehead atoms. The summed E-state index contributed by atoms with van der Waals surface area (Å²) in [6.45, 7) is 4.22. The molecule has 1 aromatic carbocycles. The normalized spacial score (nSPS) is 16.2. The highest BCUT2D eigenvalue weighted by atomic mass is 32.1. The Bertz CT molecular complexity index is 606. The quantitative estimate of drug-likeness (QED) is 0.861. The van der Waals surface area contributed by atoms with Crippen LogP contribution in [0.1, 0.15) is 36.0 Å². The summed E-state index contributed by atoms with van der Waals surface area (Å²) < 4.78 is 4.89. The highest BCUT2D eigenvalue weighted by Crippen LogP contribution is 2.16. The molecule has 1 amide bonds. The lowest BCUT2D eigenvalue weighted by atomic mass is 10.1. The van der Waals surface area contributed by atoms with Gasteiger partial charge in [-0.15, -0.1) is 5.10 Å². The van der Waals surface area contributed by atoms with E-state index in [-0.39, 0.29) is 5.91 Å². The molecule has 0 saturated carbocycles. The second-order valence-electron chi connectivity index (χ2n) is 5.47. The van der Waals surface area contributed by atoms with Gasteiger partial charge in [0.1, 0.15) is 5.52 Å². The van der Waals surface area contributed by atoms with E-state index in [1.165, 1.54) is 43.9 Å². The summed E-state index contributed by atoms with van der Waals surface area (Å²) in [5, 5.41) is 6.99. The van der Waals surface area contributed by atoms with Gasteiger partial charge in [-0.2, -0.15) is 0 Å². The minimum absolute atomic E-state index is 0.0245. The molecule has 0 aliphatic carbocycles. The van der Waals surface area contributed by atoms with Gasteiger partial charge in [0.25, 0.3) is 5.91 Å². The Morgan fingerprint density at radius 1 is 1.29 bits per heavy atom. The average molecular weight is 304 g/mol. The third kappa shape index (κ3) is 3.77. The smallest absolute Gasteiger partial charge is 0.251 e. The number of rotatable bonds is 5. The van der Waals surface area contributed by atoms with Crippen LogP contribution in [0.25, 0.3) is 10.2 Å². The zero-order valence-electron chi connectivity index (χ0n) is 12.0.